The Kier molecular flexibility index (Phi) is 2.95. The number of carboxylic acid groups (broad SMARTS) is 1. The Bertz CT molecular complexity index is 163. The summed E-state index contributed by atoms with van der Waals surface area (Å²) in [5.41, 5.74) is -0.279. The molecule has 0 heterocycles. The molecule has 10 heavy (non-hydrogen) atoms. The first-order valence-electron chi connectivity index (χ1n) is 3.17. The van der Waals surface area contributed by atoms with Crippen LogP contribution >= 0.6 is 0 Å². The van der Waals surface area contributed by atoms with Crippen LogP contribution in [0.1, 0.15) is 26.7 Å². The lowest BCUT2D eigenvalue weighted by Crippen LogP contribution is -2.10. The number of aliphatic carboxylic acids is 1. The fraction of sp³-hybridized carbons (Fsp3) is 0.625. The fourth-order valence-corrected chi connectivity index (χ4v) is 0.492. The Morgan fingerprint density at radius 3 is 2.50 bits per heavy atom. The van der Waals surface area contributed by atoms with E-state index in [0.717, 1.165) is 0 Å². The molecule has 0 atom stereocenters. The quantitative estimate of drug-likeness (QED) is 0.603. The summed E-state index contributed by atoms with van der Waals surface area (Å²) in [5.74, 6) is 1.74. The van der Waals surface area contributed by atoms with Gasteiger partial charge >= 0.3 is 5.97 Å². The van der Waals surface area contributed by atoms with E-state index in [-0.39, 0.29) is 11.8 Å². The fourth-order valence-electron chi connectivity index (χ4n) is 0.492. The van der Waals surface area contributed by atoms with Crippen molar-refractivity contribution in [3.8, 4) is 12.3 Å². The summed E-state index contributed by atoms with van der Waals surface area (Å²) >= 11 is 0. The number of rotatable bonds is 3. The van der Waals surface area contributed by atoms with Crippen LogP contribution in [0.3, 0.4) is 0 Å². The van der Waals surface area contributed by atoms with Crippen LogP contribution in [-0.4, -0.2) is 11.1 Å². The molecule has 0 rings (SSSR count). The molecular formula is C8H12O2. The van der Waals surface area contributed by atoms with E-state index in [9.17, 15) is 4.79 Å². The Balaban J connectivity index is 3.71. The van der Waals surface area contributed by atoms with Gasteiger partial charge in [0.2, 0.25) is 0 Å². The molecule has 1 N–H and O–H groups in total. The smallest absolute Gasteiger partial charge is 0.303 e. The summed E-state index contributed by atoms with van der Waals surface area (Å²) in [6.07, 6.45) is 5.84. The second-order valence-electron chi connectivity index (χ2n) is 2.92. The standard InChI is InChI=1S/C8H12O2/c1-4-8(2,3)6-5-7(9)10/h1H,5-6H2,2-3H3,(H,9,10). The topological polar surface area (TPSA) is 37.3 Å². The molecule has 2 nitrogen and oxygen atoms in total. The van der Waals surface area contributed by atoms with Crippen molar-refractivity contribution in [3.05, 3.63) is 0 Å². The van der Waals surface area contributed by atoms with Crippen molar-refractivity contribution >= 4 is 5.97 Å². The van der Waals surface area contributed by atoms with Crippen molar-refractivity contribution in [2.24, 2.45) is 5.41 Å². The number of hydrogen-bond acceptors (Lipinski definition) is 1. The summed E-state index contributed by atoms with van der Waals surface area (Å²) in [7, 11) is 0. The van der Waals surface area contributed by atoms with Crippen molar-refractivity contribution in [3.63, 3.8) is 0 Å². The molecule has 0 radical (unpaired) electrons. The highest BCUT2D eigenvalue weighted by molar-refractivity contribution is 5.66. The van der Waals surface area contributed by atoms with E-state index < -0.39 is 5.97 Å². The van der Waals surface area contributed by atoms with E-state index >= 15 is 0 Å². The van der Waals surface area contributed by atoms with E-state index in [1.165, 1.54) is 0 Å². The van der Waals surface area contributed by atoms with Gasteiger partial charge in [-0.3, -0.25) is 4.79 Å². The Hall–Kier alpha value is -0.970. The number of hydrogen-bond donors (Lipinski definition) is 1. The van der Waals surface area contributed by atoms with Gasteiger partial charge in [-0.1, -0.05) is 0 Å². The van der Waals surface area contributed by atoms with Crippen molar-refractivity contribution in [2.45, 2.75) is 26.7 Å². The van der Waals surface area contributed by atoms with Gasteiger partial charge in [0.25, 0.3) is 0 Å². The van der Waals surface area contributed by atoms with Gasteiger partial charge < -0.3 is 5.11 Å². The van der Waals surface area contributed by atoms with Crippen molar-refractivity contribution in [1.82, 2.24) is 0 Å². The van der Waals surface area contributed by atoms with E-state index in [4.69, 9.17) is 11.5 Å². The minimum atomic E-state index is -0.789. The minimum absolute atomic E-state index is 0.150. The highest BCUT2D eigenvalue weighted by Gasteiger charge is 2.14. The van der Waals surface area contributed by atoms with Gasteiger partial charge in [-0.05, 0) is 20.3 Å². The molecule has 0 aromatic carbocycles. The molecular weight excluding hydrogens is 128 g/mol. The Morgan fingerprint density at radius 2 is 2.20 bits per heavy atom. The van der Waals surface area contributed by atoms with Crippen LogP contribution < -0.4 is 0 Å². The normalized spacial score (nSPS) is 10.5. The zero-order valence-electron chi connectivity index (χ0n) is 6.35. The highest BCUT2D eigenvalue weighted by atomic mass is 16.4. The van der Waals surface area contributed by atoms with Crippen LogP contribution in [0.2, 0.25) is 0 Å². The van der Waals surface area contributed by atoms with Crippen molar-refractivity contribution in [2.75, 3.05) is 0 Å². The highest BCUT2D eigenvalue weighted by Crippen LogP contribution is 2.19. The summed E-state index contributed by atoms with van der Waals surface area (Å²) in [6, 6.07) is 0. The zero-order valence-corrected chi connectivity index (χ0v) is 6.35. The number of terminal acetylenes is 1. The van der Waals surface area contributed by atoms with Crippen molar-refractivity contribution < 1.29 is 9.90 Å². The Morgan fingerprint density at radius 1 is 1.70 bits per heavy atom. The van der Waals surface area contributed by atoms with Crippen LogP contribution in [0.4, 0.5) is 0 Å². The number of carboxylic acids is 1. The van der Waals surface area contributed by atoms with Crippen molar-refractivity contribution in [1.29, 1.82) is 0 Å². The van der Waals surface area contributed by atoms with Crippen LogP contribution in [0, 0.1) is 17.8 Å². The molecule has 0 saturated carbocycles. The first kappa shape index (κ1) is 9.03. The van der Waals surface area contributed by atoms with Crippen LogP contribution in [0.25, 0.3) is 0 Å². The summed E-state index contributed by atoms with van der Waals surface area (Å²) < 4.78 is 0. The van der Waals surface area contributed by atoms with Gasteiger partial charge in [-0.2, -0.15) is 0 Å². The Labute approximate surface area is 61.2 Å². The lowest BCUT2D eigenvalue weighted by atomic mass is 9.89. The lowest BCUT2D eigenvalue weighted by Gasteiger charge is -2.14. The SMILES string of the molecule is C#CC(C)(C)CCC(=O)O. The molecule has 0 aromatic rings. The zero-order chi connectivity index (χ0) is 8.20. The summed E-state index contributed by atoms with van der Waals surface area (Å²) in [6.45, 7) is 3.71. The third-order valence-corrected chi connectivity index (χ3v) is 1.35. The molecule has 2 heteroatoms. The van der Waals surface area contributed by atoms with Gasteiger partial charge in [-0.15, -0.1) is 12.3 Å². The molecule has 0 saturated heterocycles. The van der Waals surface area contributed by atoms with Gasteiger partial charge in [0.1, 0.15) is 0 Å². The largest absolute Gasteiger partial charge is 0.481 e. The van der Waals surface area contributed by atoms with Gasteiger partial charge in [0.05, 0.1) is 0 Å². The van der Waals surface area contributed by atoms with Gasteiger partial charge in [0, 0.05) is 11.8 Å². The predicted octanol–water partition coefficient (Wildman–Crippen LogP) is 1.51. The van der Waals surface area contributed by atoms with Crippen LogP contribution in [0.15, 0.2) is 0 Å². The van der Waals surface area contributed by atoms with E-state index in [0.29, 0.717) is 6.42 Å². The number of carbonyl (C=O) groups is 1. The third kappa shape index (κ3) is 3.96. The van der Waals surface area contributed by atoms with Crippen LogP contribution in [0.5, 0.6) is 0 Å². The molecule has 0 fully saturated rings. The monoisotopic (exact) mass is 140 g/mol. The molecule has 56 valence electrons. The molecule has 0 spiro atoms. The summed E-state index contributed by atoms with van der Waals surface area (Å²) in [5, 5.41) is 8.30. The molecule has 0 aliphatic rings. The van der Waals surface area contributed by atoms with E-state index in [1.807, 2.05) is 13.8 Å². The average molecular weight is 140 g/mol. The predicted molar refractivity (Wildman–Crippen MR) is 39.5 cm³/mol. The minimum Gasteiger partial charge on any atom is -0.481 e. The van der Waals surface area contributed by atoms with Gasteiger partial charge in [0.15, 0.2) is 0 Å². The van der Waals surface area contributed by atoms with E-state index in [1.54, 1.807) is 0 Å². The van der Waals surface area contributed by atoms with E-state index in [2.05, 4.69) is 5.92 Å². The molecule has 0 bridgehead atoms. The molecule has 0 amide bonds. The maximum atomic E-state index is 10.1. The van der Waals surface area contributed by atoms with Crippen LogP contribution in [-0.2, 0) is 4.79 Å². The average Bonchev–Trinajstić information content (AvgIpc) is 1.85. The first-order valence-corrected chi connectivity index (χ1v) is 3.17. The lowest BCUT2D eigenvalue weighted by molar-refractivity contribution is -0.137. The summed E-state index contributed by atoms with van der Waals surface area (Å²) in [4.78, 5) is 10.1. The third-order valence-electron chi connectivity index (χ3n) is 1.35. The molecule has 0 aliphatic heterocycles. The maximum Gasteiger partial charge on any atom is 0.303 e. The van der Waals surface area contributed by atoms with Gasteiger partial charge in [-0.25, -0.2) is 0 Å². The molecule has 0 aromatic heterocycles. The maximum absolute atomic E-state index is 10.1. The molecule has 0 unspecified atom stereocenters. The second kappa shape index (κ2) is 3.26. The molecule has 0 aliphatic carbocycles. The first-order chi connectivity index (χ1) is 4.48. The second-order valence-corrected chi connectivity index (χ2v) is 2.92.